The van der Waals surface area contributed by atoms with E-state index in [1.807, 2.05) is 0 Å². The number of fused-ring (bicyclic) bond motifs is 2. The van der Waals surface area contributed by atoms with Gasteiger partial charge in [0.05, 0.1) is 0 Å². The third-order valence-corrected chi connectivity index (χ3v) is 7.52. The first-order valence-electron chi connectivity index (χ1n) is 9.25. The molecule has 0 radical (unpaired) electrons. The summed E-state index contributed by atoms with van der Waals surface area (Å²) in [4.78, 5) is 25.1. The molecule has 1 aromatic carbocycles. The number of aliphatic carboxylic acids is 1. The molecule has 0 spiro atoms. The molecule has 26 heavy (non-hydrogen) atoms. The third-order valence-electron chi connectivity index (χ3n) is 7.52. The minimum Gasteiger partial charge on any atom is -0.480 e. The van der Waals surface area contributed by atoms with Gasteiger partial charge in [-0.1, -0.05) is 57.7 Å². The molecule has 0 heterocycles. The zero-order valence-corrected chi connectivity index (χ0v) is 16.0. The van der Waals surface area contributed by atoms with Crippen LogP contribution in [-0.2, 0) is 19.7 Å². The summed E-state index contributed by atoms with van der Waals surface area (Å²) in [5.41, 5.74) is -0.421. The molecule has 3 rings (SSSR count). The van der Waals surface area contributed by atoms with Gasteiger partial charge in [-0.3, -0.25) is 9.59 Å². The maximum absolute atomic E-state index is 13.0. The lowest BCUT2D eigenvalue weighted by Crippen LogP contribution is -2.46. The first kappa shape index (κ1) is 18.7. The molecule has 2 fully saturated rings. The monoisotopic (exact) mass is 356 g/mol. The van der Waals surface area contributed by atoms with Gasteiger partial charge in [0, 0.05) is 5.41 Å². The lowest BCUT2D eigenvalue weighted by Gasteiger charge is -2.39. The van der Waals surface area contributed by atoms with E-state index in [0.29, 0.717) is 11.5 Å². The highest BCUT2D eigenvalue weighted by atomic mass is 16.5. The van der Waals surface area contributed by atoms with E-state index in [0.717, 1.165) is 24.8 Å². The Balaban J connectivity index is 1.88. The molecule has 2 saturated carbocycles. The van der Waals surface area contributed by atoms with Gasteiger partial charge in [0.2, 0.25) is 0 Å². The number of benzene rings is 1. The Morgan fingerprint density at radius 3 is 2.31 bits per heavy atom. The van der Waals surface area contributed by atoms with Gasteiger partial charge in [-0.25, -0.2) is 0 Å². The van der Waals surface area contributed by atoms with Crippen LogP contribution in [0.5, 0.6) is 0 Å². The van der Waals surface area contributed by atoms with Crippen molar-refractivity contribution in [2.45, 2.75) is 58.5 Å². The van der Waals surface area contributed by atoms with E-state index >= 15 is 0 Å². The van der Waals surface area contributed by atoms with Crippen molar-refractivity contribution in [3.8, 4) is 0 Å². The normalized spacial score (nSPS) is 31.2. The van der Waals surface area contributed by atoms with Crippen LogP contribution in [0.4, 0.5) is 0 Å². The van der Waals surface area contributed by atoms with E-state index in [2.05, 4.69) is 27.4 Å². The van der Waals surface area contributed by atoms with Crippen molar-refractivity contribution in [3.05, 3.63) is 42.0 Å². The second kappa shape index (κ2) is 5.97. The summed E-state index contributed by atoms with van der Waals surface area (Å²) in [6.07, 6.45) is 4.44. The van der Waals surface area contributed by atoms with Gasteiger partial charge >= 0.3 is 11.9 Å². The summed E-state index contributed by atoms with van der Waals surface area (Å²) in [5.74, 6) is -1.35. The molecule has 0 aliphatic heterocycles. The van der Waals surface area contributed by atoms with Crippen LogP contribution in [0.1, 0.15) is 58.1 Å². The topological polar surface area (TPSA) is 63.6 Å². The summed E-state index contributed by atoms with van der Waals surface area (Å²) < 4.78 is 5.88. The molecule has 4 heteroatoms. The van der Waals surface area contributed by atoms with E-state index in [-0.39, 0.29) is 16.9 Å². The Labute approximate surface area is 155 Å². The van der Waals surface area contributed by atoms with Crippen LogP contribution in [0.15, 0.2) is 30.8 Å². The molecule has 2 aliphatic rings. The average Bonchev–Trinajstić information content (AvgIpc) is 2.94. The molecule has 0 amide bonds. The van der Waals surface area contributed by atoms with Gasteiger partial charge in [0.15, 0.2) is 5.41 Å². The van der Waals surface area contributed by atoms with E-state index in [9.17, 15) is 14.7 Å². The zero-order chi connectivity index (χ0) is 19.3. The largest absolute Gasteiger partial charge is 0.480 e. The van der Waals surface area contributed by atoms with Crippen LogP contribution < -0.4 is 0 Å². The van der Waals surface area contributed by atoms with Crippen molar-refractivity contribution in [3.63, 3.8) is 0 Å². The highest BCUT2D eigenvalue weighted by molar-refractivity contribution is 6.05. The fourth-order valence-corrected chi connectivity index (χ4v) is 4.84. The lowest BCUT2D eigenvalue weighted by atomic mass is 9.70. The predicted molar refractivity (Wildman–Crippen MR) is 101 cm³/mol. The molecule has 2 bridgehead atoms. The first-order valence-corrected chi connectivity index (χ1v) is 9.25. The van der Waals surface area contributed by atoms with Crippen molar-refractivity contribution in [2.75, 3.05) is 0 Å². The number of hydrogen-bond donors (Lipinski definition) is 1. The number of hydrogen-bond acceptors (Lipinski definition) is 3. The van der Waals surface area contributed by atoms with E-state index in [1.54, 1.807) is 30.3 Å². The number of carboxylic acid groups (broad SMARTS) is 1. The SMILES string of the molecule is C=Cc1ccc(C(C)(C(=O)O)C(=O)OC2CC3CCC2(C)C3(C)C)cc1. The molecule has 0 aromatic heterocycles. The van der Waals surface area contributed by atoms with Gasteiger partial charge in [0.1, 0.15) is 6.10 Å². The van der Waals surface area contributed by atoms with E-state index in [4.69, 9.17) is 4.74 Å². The van der Waals surface area contributed by atoms with Gasteiger partial charge < -0.3 is 9.84 Å². The van der Waals surface area contributed by atoms with Crippen molar-refractivity contribution in [1.29, 1.82) is 0 Å². The van der Waals surface area contributed by atoms with E-state index in [1.165, 1.54) is 6.92 Å². The summed E-state index contributed by atoms with van der Waals surface area (Å²) in [6, 6.07) is 6.86. The second-order valence-corrected chi connectivity index (χ2v) is 8.76. The maximum atomic E-state index is 13.0. The highest BCUT2D eigenvalue weighted by Crippen LogP contribution is 2.66. The van der Waals surface area contributed by atoms with Crippen LogP contribution in [0, 0.1) is 16.7 Å². The fourth-order valence-electron chi connectivity index (χ4n) is 4.84. The molecular formula is C22H28O4. The molecule has 4 nitrogen and oxygen atoms in total. The molecule has 2 aliphatic carbocycles. The average molecular weight is 356 g/mol. The summed E-state index contributed by atoms with van der Waals surface area (Å²) in [5, 5.41) is 9.83. The third kappa shape index (κ3) is 2.42. The Morgan fingerprint density at radius 2 is 1.88 bits per heavy atom. The van der Waals surface area contributed by atoms with Crippen LogP contribution in [-0.4, -0.2) is 23.1 Å². The van der Waals surface area contributed by atoms with Crippen molar-refractivity contribution >= 4 is 18.0 Å². The Kier molecular flexibility index (Phi) is 4.29. The number of carbonyl (C=O) groups excluding carboxylic acids is 1. The molecular weight excluding hydrogens is 328 g/mol. The van der Waals surface area contributed by atoms with Crippen molar-refractivity contribution in [2.24, 2.45) is 16.7 Å². The Bertz CT molecular complexity index is 748. The van der Waals surface area contributed by atoms with Gasteiger partial charge in [0.25, 0.3) is 0 Å². The molecule has 4 atom stereocenters. The minimum absolute atomic E-state index is 0.0978. The van der Waals surface area contributed by atoms with Crippen molar-refractivity contribution in [1.82, 2.24) is 0 Å². The van der Waals surface area contributed by atoms with Gasteiger partial charge in [-0.05, 0) is 48.6 Å². The number of carbonyl (C=O) groups is 2. The Hall–Kier alpha value is -2.10. The summed E-state index contributed by atoms with van der Waals surface area (Å²) in [6.45, 7) is 11.8. The number of rotatable bonds is 5. The lowest BCUT2D eigenvalue weighted by molar-refractivity contribution is -0.170. The van der Waals surface area contributed by atoms with Crippen LogP contribution in [0.3, 0.4) is 0 Å². The Morgan fingerprint density at radius 1 is 1.27 bits per heavy atom. The van der Waals surface area contributed by atoms with E-state index < -0.39 is 17.4 Å². The number of ether oxygens (including phenoxy) is 1. The van der Waals surface area contributed by atoms with Gasteiger partial charge in [-0.2, -0.15) is 0 Å². The van der Waals surface area contributed by atoms with Crippen LogP contribution >= 0.6 is 0 Å². The second-order valence-electron chi connectivity index (χ2n) is 8.76. The number of carboxylic acids is 1. The molecule has 4 unspecified atom stereocenters. The summed E-state index contributed by atoms with van der Waals surface area (Å²) in [7, 11) is 0. The smallest absolute Gasteiger partial charge is 0.328 e. The standard InChI is InChI=1S/C22H28O4/c1-6-14-7-9-15(10-8-14)22(5,18(23)24)19(25)26-17-13-16-11-12-21(17,4)20(16,2)3/h6-10,16-17H,1,11-13H2,2-5H3,(H,23,24). The maximum Gasteiger partial charge on any atom is 0.328 e. The molecule has 0 saturated heterocycles. The van der Waals surface area contributed by atoms with Crippen LogP contribution in [0.2, 0.25) is 0 Å². The zero-order valence-electron chi connectivity index (χ0n) is 16.0. The predicted octanol–water partition coefficient (Wildman–Crippen LogP) is 4.43. The fraction of sp³-hybridized carbons (Fsp3) is 0.545. The van der Waals surface area contributed by atoms with Crippen LogP contribution in [0.25, 0.3) is 6.08 Å². The summed E-state index contributed by atoms with van der Waals surface area (Å²) >= 11 is 0. The number of esters is 1. The highest BCUT2D eigenvalue weighted by Gasteiger charge is 2.63. The molecule has 1 N–H and O–H groups in total. The quantitative estimate of drug-likeness (QED) is 0.626. The van der Waals surface area contributed by atoms with Gasteiger partial charge in [-0.15, -0.1) is 0 Å². The molecule has 140 valence electrons. The molecule has 1 aromatic rings. The minimum atomic E-state index is -1.72. The first-order chi connectivity index (χ1) is 12.1. The van der Waals surface area contributed by atoms with Crippen molar-refractivity contribution < 1.29 is 19.4 Å².